The number of guanidine groups is 1. The average Bonchev–Trinajstić information content (AvgIpc) is 3.20. The first-order valence-electron chi connectivity index (χ1n) is 9.87. The molecule has 2 aromatic rings. The molecule has 3 N–H and O–H groups in total. The summed E-state index contributed by atoms with van der Waals surface area (Å²) in [6.07, 6.45) is 2.56. The topological polar surface area (TPSA) is 70.8 Å². The van der Waals surface area contributed by atoms with Crippen LogP contribution in [-0.4, -0.2) is 38.2 Å². The predicted octanol–water partition coefficient (Wildman–Crippen LogP) is 3.48. The van der Waals surface area contributed by atoms with Crippen molar-refractivity contribution in [3.63, 3.8) is 0 Å². The summed E-state index contributed by atoms with van der Waals surface area (Å²) in [5, 5.41) is 10.4. The standard InChI is InChI=1S/C22H34N4O2/c1-18(19-10-6-5-7-11-19)26-22(2,3)17-25-21(23-4)24-13-9-14-27-16-20-12-8-15-28-20/h5-8,10-12,15,18,26H,9,13-14,16-17H2,1-4H3,(H2,23,24,25). The third kappa shape index (κ3) is 8.15. The molecule has 0 amide bonds. The lowest BCUT2D eigenvalue weighted by atomic mass is 10.0. The fraction of sp³-hybridized carbons (Fsp3) is 0.500. The van der Waals surface area contributed by atoms with Crippen LogP contribution in [-0.2, 0) is 11.3 Å². The minimum atomic E-state index is -0.0843. The van der Waals surface area contributed by atoms with Crippen LogP contribution in [0.3, 0.4) is 0 Å². The van der Waals surface area contributed by atoms with Crippen molar-refractivity contribution in [2.45, 2.75) is 45.4 Å². The zero-order valence-corrected chi connectivity index (χ0v) is 17.5. The van der Waals surface area contributed by atoms with E-state index in [9.17, 15) is 0 Å². The number of furan rings is 1. The zero-order valence-electron chi connectivity index (χ0n) is 17.5. The van der Waals surface area contributed by atoms with E-state index in [1.54, 1.807) is 13.3 Å². The number of nitrogens with one attached hydrogen (secondary N) is 3. The van der Waals surface area contributed by atoms with Gasteiger partial charge in [0.1, 0.15) is 12.4 Å². The van der Waals surface area contributed by atoms with Crippen LogP contribution in [0, 0.1) is 0 Å². The smallest absolute Gasteiger partial charge is 0.191 e. The third-order valence-corrected chi connectivity index (χ3v) is 4.41. The maximum absolute atomic E-state index is 5.59. The number of nitrogens with zero attached hydrogens (tertiary/aromatic N) is 1. The van der Waals surface area contributed by atoms with E-state index in [4.69, 9.17) is 9.15 Å². The van der Waals surface area contributed by atoms with Crippen molar-refractivity contribution >= 4 is 5.96 Å². The van der Waals surface area contributed by atoms with Gasteiger partial charge < -0.3 is 25.1 Å². The second kappa shape index (κ2) is 11.5. The Morgan fingerprint density at radius 3 is 2.61 bits per heavy atom. The van der Waals surface area contributed by atoms with Gasteiger partial charge in [0.05, 0.1) is 6.26 Å². The number of hydrogen-bond donors (Lipinski definition) is 3. The Balaban J connectivity index is 1.63. The molecule has 1 atom stereocenters. The summed E-state index contributed by atoms with van der Waals surface area (Å²) in [5.41, 5.74) is 1.20. The second-order valence-corrected chi connectivity index (χ2v) is 7.50. The molecule has 0 aliphatic heterocycles. The molecule has 6 nitrogen and oxygen atoms in total. The summed E-state index contributed by atoms with van der Waals surface area (Å²) < 4.78 is 10.8. The van der Waals surface area contributed by atoms with Crippen LogP contribution < -0.4 is 16.0 Å². The number of ether oxygens (including phenoxy) is 1. The highest BCUT2D eigenvalue weighted by molar-refractivity contribution is 5.79. The van der Waals surface area contributed by atoms with Crippen molar-refractivity contribution in [1.29, 1.82) is 0 Å². The van der Waals surface area contributed by atoms with E-state index < -0.39 is 0 Å². The molecule has 0 fully saturated rings. The minimum Gasteiger partial charge on any atom is -0.467 e. The second-order valence-electron chi connectivity index (χ2n) is 7.50. The Hall–Kier alpha value is -2.31. The summed E-state index contributed by atoms with van der Waals surface area (Å²) in [7, 11) is 1.79. The molecule has 0 bridgehead atoms. The monoisotopic (exact) mass is 386 g/mol. The maximum Gasteiger partial charge on any atom is 0.191 e. The Labute approximate surface area is 168 Å². The molecule has 0 saturated heterocycles. The number of rotatable bonds is 11. The highest BCUT2D eigenvalue weighted by Gasteiger charge is 2.21. The Kier molecular flexibility index (Phi) is 9.04. The number of hydrogen-bond acceptors (Lipinski definition) is 4. The van der Waals surface area contributed by atoms with Gasteiger partial charge in [0.2, 0.25) is 0 Å². The van der Waals surface area contributed by atoms with Crippen LogP contribution in [0.2, 0.25) is 0 Å². The van der Waals surface area contributed by atoms with Gasteiger partial charge in [0.25, 0.3) is 0 Å². The van der Waals surface area contributed by atoms with E-state index in [0.717, 1.165) is 31.2 Å². The summed E-state index contributed by atoms with van der Waals surface area (Å²) in [6, 6.07) is 14.5. The highest BCUT2D eigenvalue weighted by atomic mass is 16.5. The van der Waals surface area contributed by atoms with Gasteiger partial charge in [0, 0.05) is 38.3 Å². The lowest BCUT2D eigenvalue weighted by Crippen LogP contribution is -2.52. The summed E-state index contributed by atoms with van der Waals surface area (Å²) in [6.45, 7) is 9.31. The molecule has 154 valence electrons. The van der Waals surface area contributed by atoms with Gasteiger partial charge >= 0.3 is 0 Å². The van der Waals surface area contributed by atoms with E-state index in [-0.39, 0.29) is 11.6 Å². The van der Waals surface area contributed by atoms with Crippen LogP contribution in [0.25, 0.3) is 0 Å². The molecule has 0 saturated carbocycles. The molecule has 0 aliphatic carbocycles. The Bertz CT molecular complexity index is 684. The first-order chi connectivity index (χ1) is 13.5. The fourth-order valence-corrected chi connectivity index (χ4v) is 2.94. The van der Waals surface area contributed by atoms with Gasteiger partial charge in [0.15, 0.2) is 5.96 Å². The normalized spacial score (nSPS) is 13.4. The van der Waals surface area contributed by atoms with Crippen molar-refractivity contribution in [3.8, 4) is 0 Å². The van der Waals surface area contributed by atoms with Gasteiger partial charge in [-0.25, -0.2) is 0 Å². The van der Waals surface area contributed by atoms with Gasteiger partial charge in [-0.15, -0.1) is 0 Å². The molecular formula is C22H34N4O2. The van der Waals surface area contributed by atoms with E-state index in [0.29, 0.717) is 13.2 Å². The lowest BCUT2D eigenvalue weighted by Gasteiger charge is -2.31. The molecule has 6 heteroatoms. The van der Waals surface area contributed by atoms with Crippen LogP contribution in [0.15, 0.2) is 58.1 Å². The van der Waals surface area contributed by atoms with Gasteiger partial charge in [-0.1, -0.05) is 30.3 Å². The summed E-state index contributed by atoms with van der Waals surface area (Å²) in [5.74, 6) is 1.65. The van der Waals surface area contributed by atoms with Crippen LogP contribution in [0.1, 0.15) is 44.6 Å². The van der Waals surface area contributed by atoms with Crippen molar-refractivity contribution < 1.29 is 9.15 Å². The first kappa shape index (κ1) is 22.0. The molecule has 0 aliphatic rings. The van der Waals surface area contributed by atoms with E-state index in [1.165, 1.54) is 5.56 Å². The van der Waals surface area contributed by atoms with Crippen molar-refractivity contribution in [2.75, 3.05) is 26.7 Å². The Morgan fingerprint density at radius 1 is 1.14 bits per heavy atom. The highest BCUT2D eigenvalue weighted by Crippen LogP contribution is 2.15. The Morgan fingerprint density at radius 2 is 1.93 bits per heavy atom. The van der Waals surface area contributed by atoms with Crippen molar-refractivity contribution in [1.82, 2.24) is 16.0 Å². The predicted molar refractivity (Wildman–Crippen MR) is 114 cm³/mol. The zero-order chi connectivity index (χ0) is 20.2. The number of benzene rings is 1. The van der Waals surface area contributed by atoms with Gasteiger partial charge in [-0.2, -0.15) is 0 Å². The fourth-order valence-electron chi connectivity index (χ4n) is 2.94. The quantitative estimate of drug-likeness (QED) is 0.313. The molecule has 1 aromatic heterocycles. The van der Waals surface area contributed by atoms with Crippen LogP contribution in [0.4, 0.5) is 0 Å². The first-order valence-corrected chi connectivity index (χ1v) is 9.87. The van der Waals surface area contributed by atoms with Crippen LogP contribution >= 0.6 is 0 Å². The largest absolute Gasteiger partial charge is 0.467 e. The van der Waals surface area contributed by atoms with Crippen LogP contribution in [0.5, 0.6) is 0 Å². The lowest BCUT2D eigenvalue weighted by molar-refractivity contribution is 0.105. The molecule has 1 heterocycles. The van der Waals surface area contributed by atoms with Gasteiger partial charge in [-0.3, -0.25) is 4.99 Å². The average molecular weight is 387 g/mol. The summed E-state index contributed by atoms with van der Waals surface area (Å²) in [4.78, 5) is 4.30. The third-order valence-electron chi connectivity index (χ3n) is 4.41. The number of aliphatic imine (C=N–C) groups is 1. The van der Waals surface area contributed by atoms with Gasteiger partial charge in [-0.05, 0) is 44.9 Å². The molecule has 0 radical (unpaired) electrons. The molecular weight excluding hydrogens is 352 g/mol. The molecule has 0 spiro atoms. The molecule has 1 unspecified atom stereocenters. The van der Waals surface area contributed by atoms with Crippen molar-refractivity contribution in [2.24, 2.45) is 4.99 Å². The molecule has 2 rings (SSSR count). The summed E-state index contributed by atoms with van der Waals surface area (Å²) >= 11 is 0. The van der Waals surface area contributed by atoms with Crippen molar-refractivity contribution in [3.05, 3.63) is 60.1 Å². The van der Waals surface area contributed by atoms with E-state index >= 15 is 0 Å². The maximum atomic E-state index is 5.59. The molecule has 28 heavy (non-hydrogen) atoms. The SMILES string of the molecule is CN=C(NCCCOCc1ccco1)NCC(C)(C)NC(C)c1ccccc1. The molecule has 1 aromatic carbocycles. The minimum absolute atomic E-state index is 0.0843. The van der Waals surface area contributed by atoms with E-state index in [2.05, 4.69) is 66.0 Å². The van der Waals surface area contributed by atoms with E-state index in [1.807, 2.05) is 18.2 Å².